The minimum atomic E-state index is -4.64. The Morgan fingerprint density at radius 3 is 2.24 bits per heavy atom. The average molecular weight is 380 g/mol. The lowest BCUT2D eigenvalue weighted by molar-refractivity contribution is 0.275. The van der Waals surface area contributed by atoms with Crippen LogP contribution < -0.4 is 5.43 Å². The first kappa shape index (κ1) is 20.6. The molecule has 0 aliphatic heterocycles. The van der Waals surface area contributed by atoms with Crippen molar-refractivity contribution >= 4 is 48.3 Å². The van der Waals surface area contributed by atoms with Crippen molar-refractivity contribution in [3.8, 4) is 0 Å². The Balaban J connectivity index is 0.000000690. The van der Waals surface area contributed by atoms with Crippen molar-refractivity contribution in [3.63, 3.8) is 0 Å². The Labute approximate surface area is 136 Å². The van der Waals surface area contributed by atoms with E-state index < -0.39 is 7.82 Å². The lowest BCUT2D eigenvalue weighted by Crippen LogP contribution is -2.14. The third kappa shape index (κ3) is 9.29. The van der Waals surface area contributed by atoms with Gasteiger partial charge < -0.3 is 25.2 Å². The van der Waals surface area contributed by atoms with Crippen LogP contribution in [0.25, 0.3) is 0 Å². The summed E-state index contributed by atoms with van der Waals surface area (Å²) in [7, 11) is -4.64. The van der Waals surface area contributed by atoms with Crippen molar-refractivity contribution in [3.05, 3.63) is 32.8 Å². The van der Waals surface area contributed by atoms with Crippen LogP contribution in [0.15, 0.2) is 17.2 Å². The molecule has 1 rings (SSSR count). The Hall–Kier alpha value is -0.370. The minimum Gasteiger partial charge on any atom is -0.394 e. The van der Waals surface area contributed by atoms with Gasteiger partial charge >= 0.3 is 7.82 Å². The molecule has 5 N–H and O–H groups in total. The highest BCUT2D eigenvalue weighted by molar-refractivity contribution is 7.45. The SMILES string of the molecule is C/C(=N\NCCO)c1ccc(Cl)c(Cl)c1Cl.O=P(O)(O)O. The van der Waals surface area contributed by atoms with Gasteiger partial charge in [-0.3, -0.25) is 0 Å². The van der Waals surface area contributed by atoms with E-state index >= 15 is 0 Å². The first-order valence-electron chi connectivity index (χ1n) is 5.38. The molecular weight excluding hydrogens is 365 g/mol. The van der Waals surface area contributed by atoms with Crippen LogP contribution >= 0.6 is 42.6 Å². The quantitative estimate of drug-likeness (QED) is 0.179. The molecule has 21 heavy (non-hydrogen) atoms. The van der Waals surface area contributed by atoms with Gasteiger partial charge in [0.05, 0.1) is 33.9 Å². The van der Waals surface area contributed by atoms with E-state index in [9.17, 15) is 0 Å². The Kier molecular flexibility index (Phi) is 9.44. The maximum Gasteiger partial charge on any atom is 0.466 e. The molecule has 0 unspecified atom stereocenters. The molecule has 1 aromatic carbocycles. The third-order valence-electron chi connectivity index (χ3n) is 1.90. The predicted octanol–water partition coefficient (Wildman–Crippen LogP) is 2.02. The van der Waals surface area contributed by atoms with Gasteiger partial charge in [-0.15, -0.1) is 0 Å². The number of phosphoric acid groups is 1. The second-order valence-corrected chi connectivity index (χ2v) is 5.75. The minimum absolute atomic E-state index is 0.0197. The highest BCUT2D eigenvalue weighted by Gasteiger charge is 2.10. The van der Waals surface area contributed by atoms with E-state index in [2.05, 4.69) is 10.5 Å². The fraction of sp³-hybridized carbons (Fsp3) is 0.300. The Morgan fingerprint density at radius 2 is 1.76 bits per heavy atom. The number of nitrogens with one attached hydrogen (secondary N) is 1. The molecule has 11 heteroatoms. The summed E-state index contributed by atoms with van der Waals surface area (Å²) in [5.74, 6) is 0. The van der Waals surface area contributed by atoms with Crippen molar-refractivity contribution in [2.45, 2.75) is 6.92 Å². The van der Waals surface area contributed by atoms with Crippen LogP contribution in [0.4, 0.5) is 0 Å². The lowest BCUT2D eigenvalue weighted by Gasteiger charge is -2.07. The summed E-state index contributed by atoms with van der Waals surface area (Å²) < 4.78 is 8.88. The number of hydrogen-bond acceptors (Lipinski definition) is 4. The standard InChI is InChI=1S/C10H11Cl3N2O.H3O4P/c1-6(15-14-4-5-16)7-2-3-8(11)10(13)9(7)12;1-5(2,3)4/h2-3,14,16H,4-5H2,1H3;(H3,1,2,3,4)/b15-6+;. The second-order valence-electron chi connectivity index (χ2n) is 3.57. The lowest BCUT2D eigenvalue weighted by atomic mass is 10.1. The van der Waals surface area contributed by atoms with Crippen LogP contribution in [-0.2, 0) is 4.57 Å². The molecule has 0 aliphatic rings. The van der Waals surface area contributed by atoms with Gasteiger partial charge in [-0.05, 0) is 13.0 Å². The largest absolute Gasteiger partial charge is 0.466 e. The van der Waals surface area contributed by atoms with Gasteiger partial charge in [-0.1, -0.05) is 40.9 Å². The molecule has 0 aromatic heterocycles. The number of hydrogen-bond donors (Lipinski definition) is 5. The van der Waals surface area contributed by atoms with E-state index in [1.165, 1.54) is 0 Å². The average Bonchev–Trinajstić information content (AvgIpc) is 2.34. The molecule has 0 bridgehead atoms. The first-order chi connectivity index (χ1) is 9.57. The molecular formula is C10H14Cl3N2O5P. The van der Waals surface area contributed by atoms with Crippen LogP contribution in [0.1, 0.15) is 12.5 Å². The molecule has 0 saturated carbocycles. The third-order valence-corrected chi connectivity index (χ3v) is 3.19. The van der Waals surface area contributed by atoms with Crippen LogP contribution in [-0.4, -0.2) is 38.7 Å². The van der Waals surface area contributed by atoms with E-state index in [0.29, 0.717) is 32.9 Å². The first-order valence-corrected chi connectivity index (χ1v) is 8.08. The molecule has 0 radical (unpaired) electrons. The highest BCUT2D eigenvalue weighted by atomic mass is 35.5. The zero-order chi connectivity index (χ0) is 16.6. The van der Waals surface area contributed by atoms with Crippen molar-refractivity contribution < 1.29 is 24.4 Å². The number of rotatable bonds is 4. The maximum atomic E-state index is 8.88. The molecule has 0 fully saturated rings. The summed E-state index contributed by atoms with van der Waals surface area (Å²) in [4.78, 5) is 21.6. The number of benzene rings is 1. The molecule has 1 aromatic rings. The Morgan fingerprint density at radius 1 is 1.24 bits per heavy atom. The molecule has 120 valence electrons. The monoisotopic (exact) mass is 378 g/mol. The molecule has 7 nitrogen and oxygen atoms in total. The fourth-order valence-electron chi connectivity index (χ4n) is 1.09. The zero-order valence-corrected chi connectivity index (χ0v) is 14.0. The molecule has 0 atom stereocenters. The molecule has 0 saturated heterocycles. The summed E-state index contributed by atoms with van der Waals surface area (Å²) in [6.07, 6.45) is 0. The fourth-order valence-corrected chi connectivity index (χ4v) is 1.76. The highest BCUT2D eigenvalue weighted by Crippen LogP contribution is 2.32. The van der Waals surface area contributed by atoms with Gasteiger partial charge in [0.1, 0.15) is 0 Å². The topological polar surface area (TPSA) is 122 Å². The van der Waals surface area contributed by atoms with Gasteiger partial charge in [-0.2, -0.15) is 5.10 Å². The molecule has 0 amide bonds. The summed E-state index contributed by atoms with van der Waals surface area (Å²) in [5, 5.41) is 13.7. The smallest absolute Gasteiger partial charge is 0.394 e. The molecule has 0 heterocycles. The van der Waals surface area contributed by atoms with E-state index in [4.69, 9.17) is 59.2 Å². The summed E-state index contributed by atoms with van der Waals surface area (Å²) in [5.41, 5.74) is 4.09. The second kappa shape index (κ2) is 9.61. The van der Waals surface area contributed by atoms with E-state index in [1.807, 2.05) is 0 Å². The summed E-state index contributed by atoms with van der Waals surface area (Å²) in [6.45, 7) is 2.19. The maximum absolute atomic E-state index is 8.88. The number of halogens is 3. The van der Waals surface area contributed by atoms with E-state index in [1.54, 1.807) is 19.1 Å². The van der Waals surface area contributed by atoms with Gasteiger partial charge in [0, 0.05) is 5.56 Å². The summed E-state index contributed by atoms with van der Waals surface area (Å²) in [6, 6.07) is 3.41. The van der Waals surface area contributed by atoms with Crippen LogP contribution in [0.3, 0.4) is 0 Å². The van der Waals surface area contributed by atoms with Crippen molar-refractivity contribution in [2.75, 3.05) is 13.2 Å². The molecule has 0 spiro atoms. The van der Waals surface area contributed by atoms with Crippen molar-refractivity contribution in [1.82, 2.24) is 5.43 Å². The number of aliphatic hydroxyl groups excluding tert-OH is 1. The van der Waals surface area contributed by atoms with E-state index in [0.717, 1.165) is 0 Å². The molecule has 0 aliphatic carbocycles. The number of aliphatic hydroxyl groups is 1. The predicted molar refractivity (Wildman–Crippen MR) is 83.0 cm³/mol. The number of hydrazone groups is 1. The van der Waals surface area contributed by atoms with Crippen LogP contribution in [0, 0.1) is 0 Å². The van der Waals surface area contributed by atoms with Crippen molar-refractivity contribution in [2.24, 2.45) is 5.10 Å². The Bertz CT molecular complexity index is 541. The number of nitrogens with zero attached hydrogens (tertiary/aromatic N) is 1. The normalized spacial score (nSPS) is 11.7. The van der Waals surface area contributed by atoms with Gasteiger partial charge in [0.15, 0.2) is 0 Å². The van der Waals surface area contributed by atoms with Gasteiger partial charge in [0.2, 0.25) is 0 Å². The van der Waals surface area contributed by atoms with Gasteiger partial charge in [0.25, 0.3) is 0 Å². The van der Waals surface area contributed by atoms with Gasteiger partial charge in [-0.25, -0.2) is 4.57 Å². The van der Waals surface area contributed by atoms with Crippen LogP contribution in [0.5, 0.6) is 0 Å². The zero-order valence-electron chi connectivity index (χ0n) is 10.8. The summed E-state index contributed by atoms with van der Waals surface area (Å²) >= 11 is 17.8. The van der Waals surface area contributed by atoms with Crippen LogP contribution in [0.2, 0.25) is 15.1 Å². The van der Waals surface area contributed by atoms with Crippen molar-refractivity contribution in [1.29, 1.82) is 0 Å². The van der Waals surface area contributed by atoms with E-state index in [-0.39, 0.29) is 6.61 Å².